The van der Waals surface area contributed by atoms with Crippen molar-refractivity contribution in [3.8, 4) is 0 Å². The molecule has 84 valence electrons. The van der Waals surface area contributed by atoms with Crippen LogP contribution in [0.2, 0.25) is 0 Å². The molecule has 0 spiro atoms. The first-order valence-corrected chi connectivity index (χ1v) is 5.98. The van der Waals surface area contributed by atoms with Crippen molar-refractivity contribution in [2.24, 2.45) is 5.92 Å². The zero-order valence-corrected chi connectivity index (χ0v) is 9.41. The van der Waals surface area contributed by atoms with Gasteiger partial charge in [0.1, 0.15) is 0 Å². The second-order valence-electron chi connectivity index (χ2n) is 4.76. The van der Waals surface area contributed by atoms with Gasteiger partial charge in [-0.15, -0.1) is 0 Å². The van der Waals surface area contributed by atoms with Gasteiger partial charge in [-0.05, 0) is 30.4 Å². The quantitative estimate of drug-likeness (QED) is 0.827. The van der Waals surface area contributed by atoms with Crippen LogP contribution in [0.4, 0.5) is 0 Å². The van der Waals surface area contributed by atoms with Gasteiger partial charge in [0, 0.05) is 6.42 Å². The molecule has 1 aromatic heterocycles. The zero-order chi connectivity index (χ0) is 10.7. The first-order valence-electron chi connectivity index (χ1n) is 5.98. The fraction of sp³-hybridized carbons (Fsp3) is 0.692. The molecule has 1 aliphatic rings. The fourth-order valence-electron chi connectivity index (χ4n) is 2.86. The van der Waals surface area contributed by atoms with Crippen molar-refractivity contribution in [3.63, 3.8) is 0 Å². The molecule has 15 heavy (non-hydrogen) atoms. The minimum absolute atomic E-state index is 0.459. The molecule has 2 atom stereocenters. The van der Waals surface area contributed by atoms with Crippen LogP contribution in [-0.2, 0) is 6.42 Å². The first kappa shape index (κ1) is 10.7. The third kappa shape index (κ3) is 2.25. The molecule has 1 heterocycles. The van der Waals surface area contributed by atoms with Gasteiger partial charge in [0.2, 0.25) is 0 Å². The van der Waals surface area contributed by atoms with Crippen LogP contribution in [0.3, 0.4) is 0 Å². The van der Waals surface area contributed by atoms with Gasteiger partial charge in [0.25, 0.3) is 0 Å². The minimum Gasteiger partial charge on any atom is -0.472 e. The smallest absolute Gasteiger partial charge is 0.0935 e. The zero-order valence-electron chi connectivity index (χ0n) is 9.41. The Morgan fingerprint density at radius 3 is 3.07 bits per heavy atom. The van der Waals surface area contributed by atoms with Crippen LogP contribution in [0.15, 0.2) is 23.0 Å². The SMILES string of the molecule is CCC1CCCCC1(O)Cc1ccoc1. The summed E-state index contributed by atoms with van der Waals surface area (Å²) in [7, 11) is 0. The van der Waals surface area contributed by atoms with Crippen molar-refractivity contribution in [3.05, 3.63) is 24.2 Å². The summed E-state index contributed by atoms with van der Waals surface area (Å²) in [5, 5.41) is 10.7. The molecule has 1 aromatic rings. The predicted molar refractivity (Wildman–Crippen MR) is 59.6 cm³/mol. The monoisotopic (exact) mass is 208 g/mol. The summed E-state index contributed by atoms with van der Waals surface area (Å²) in [4.78, 5) is 0. The van der Waals surface area contributed by atoms with E-state index in [4.69, 9.17) is 4.42 Å². The first-order chi connectivity index (χ1) is 7.24. The Morgan fingerprint density at radius 1 is 1.53 bits per heavy atom. The number of rotatable bonds is 3. The van der Waals surface area contributed by atoms with Gasteiger partial charge < -0.3 is 9.52 Å². The van der Waals surface area contributed by atoms with Gasteiger partial charge in [-0.3, -0.25) is 0 Å². The Kier molecular flexibility index (Phi) is 3.15. The van der Waals surface area contributed by atoms with Crippen molar-refractivity contribution in [2.45, 2.75) is 51.0 Å². The summed E-state index contributed by atoms with van der Waals surface area (Å²) in [5.41, 5.74) is 0.634. The molecular formula is C13H20O2. The average molecular weight is 208 g/mol. The molecule has 0 saturated heterocycles. The highest BCUT2D eigenvalue weighted by atomic mass is 16.3. The van der Waals surface area contributed by atoms with Crippen molar-refractivity contribution >= 4 is 0 Å². The Bertz CT molecular complexity index is 291. The molecule has 2 unspecified atom stereocenters. The second kappa shape index (κ2) is 4.40. The molecule has 0 aromatic carbocycles. The van der Waals surface area contributed by atoms with Crippen LogP contribution in [0.5, 0.6) is 0 Å². The molecule has 1 fully saturated rings. The van der Waals surface area contributed by atoms with Gasteiger partial charge >= 0.3 is 0 Å². The largest absolute Gasteiger partial charge is 0.472 e. The molecule has 1 N–H and O–H groups in total. The number of hydrogen-bond acceptors (Lipinski definition) is 2. The molecule has 0 bridgehead atoms. The van der Waals surface area contributed by atoms with Crippen LogP contribution >= 0.6 is 0 Å². The van der Waals surface area contributed by atoms with E-state index >= 15 is 0 Å². The van der Waals surface area contributed by atoms with E-state index in [1.807, 2.05) is 6.07 Å². The lowest BCUT2D eigenvalue weighted by Gasteiger charge is -2.39. The van der Waals surface area contributed by atoms with E-state index in [0.29, 0.717) is 5.92 Å². The third-order valence-electron chi connectivity index (χ3n) is 3.76. The minimum atomic E-state index is -0.489. The summed E-state index contributed by atoms with van der Waals surface area (Å²) in [6.07, 6.45) is 9.80. The predicted octanol–water partition coefficient (Wildman–Crippen LogP) is 3.15. The highest BCUT2D eigenvalue weighted by molar-refractivity contribution is 5.11. The van der Waals surface area contributed by atoms with E-state index < -0.39 is 5.60 Å². The topological polar surface area (TPSA) is 33.4 Å². The molecular weight excluding hydrogens is 188 g/mol. The van der Waals surface area contributed by atoms with Crippen molar-refractivity contribution in [1.29, 1.82) is 0 Å². The molecule has 1 saturated carbocycles. The van der Waals surface area contributed by atoms with Gasteiger partial charge in [-0.25, -0.2) is 0 Å². The van der Waals surface area contributed by atoms with Gasteiger partial charge in [-0.1, -0.05) is 26.2 Å². The van der Waals surface area contributed by atoms with Crippen LogP contribution < -0.4 is 0 Å². The molecule has 0 radical (unpaired) electrons. The summed E-state index contributed by atoms with van der Waals surface area (Å²) in [6.45, 7) is 2.18. The maximum atomic E-state index is 10.7. The highest BCUT2D eigenvalue weighted by Gasteiger charge is 2.37. The normalized spacial score (nSPS) is 31.7. The van der Waals surface area contributed by atoms with E-state index in [1.165, 1.54) is 12.8 Å². The van der Waals surface area contributed by atoms with E-state index in [2.05, 4.69) is 6.92 Å². The molecule has 1 aliphatic carbocycles. The van der Waals surface area contributed by atoms with Crippen LogP contribution in [-0.4, -0.2) is 10.7 Å². The van der Waals surface area contributed by atoms with E-state index in [9.17, 15) is 5.11 Å². The third-order valence-corrected chi connectivity index (χ3v) is 3.76. The van der Waals surface area contributed by atoms with Crippen LogP contribution in [0.1, 0.15) is 44.6 Å². The van der Waals surface area contributed by atoms with Crippen molar-refractivity contribution in [1.82, 2.24) is 0 Å². The van der Waals surface area contributed by atoms with E-state index in [1.54, 1.807) is 12.5 Å². The highest BCUT2D eigenvalue weighted by Crippen LogP contribution is 2.38. The molecule has 2 rings (SSSR count). The van der Waals surface area contributed by atoms with Crippen LogP contribution in [0, 0.1) is 5.92 Å². The lowest BCUT2D eigenvalue weighted by molar-refractivity contribution is -0.0492. The molecule has 2 nitrogen and oxygen atoms in total. The maximum absolute atomic E-state index is 10.7. The number of furan rings is 1. The lowest BCUT2D eigenvalue weighted by Crippen LogP contribution is -2.42. The number of hydrogen-bond donors (Lipinski definition) is 1. The fourth-order valence-corrected chi connectivity index (χ4v) is 2.86. The number of aliphatic hydroxyl groups is 1. The Balaban J connectivity index is 2.09. The van der Waals surface area contributed by atoms with Gasteiger partial charge in [-0.2, -0.15) is 0 Å². The Morgan fingerprint density at radius 2 is 2.40 bits per heavy atom. The van der Waals surface area contributed by atoms with Crippen molar-refractivity contribution < 1.29 is 9.52 Å². The summed E-state index contributed by atoms with van der Waals surface area (Å²) in [5.74, 6) is 0.459. The molecule has 2 heteroatoms. The second-order valence-corrected chi connectivity index (χ2v) is 4.76. The Hall–Kier alpha value is -0.760. The van der Waals surface area contributed by atoms with Gasteiger partial charge in [0.15, 0.2) is 0 Å². The summed E-state index contributed by atoms with van der Waals surface area (Å²) in [6, 6.07) is 1.96. The maximum Gasteiger partial charge on any atom is 0.0935 e. The van der Waals surface area contributed by atoms with Gasteiger partial charge in [0.05, 0.1) is 18.1 Å². The van der Waals surface area contributed by atoms with Crippen LogP contribution in [0.25, 0.3) is 0 Å². The summed E-state index contributed by atoms with van der Waals surface area (Å²) >= 11 is 0. The van der Waals surface area contributed by atoms with E-state index in [0.717, 1.165) is 31.2 Å². The molecule has 0 amide bonds. The van der Waals surface area contributed by atoms with E-state index in [-0.39, 0.29) is 0 Å². The standard InChI is InChI=1S/C13H20O2/c1-2-12-5-3-4-7-13(12,14)9-11-6-8-15-10-11/h6,8,10,12,14H,2-5,7,9H2,1H3. The van der Waals surface area contributed by atoms with Crippen molar-refractivity contribution in [2.75, 3.05) is 0 Å². The molecule has 0 aliphatic heterocycles. The Labute approximate surface area is 91.3 Å². The summed E-state index contributed by atoms with van der Waals surface area (Å²) < 4.78 is 5.06. The lowest BCUT2D eigenvalue weighted by atomic mass is 9.71. The average Bonchev–Trinajstić information content (AvgIpc) is 2.70.